The fourth-order valence-electron chi connectivity index (χ4n) is 2.02. The summed E-state index contributed by atoms with van der Waals surface area (Å²) in [4.78, 5) is 41.1. The number of urea groups is 1. The second kappa shape index (κ2) is 6.34. The summed E-state index contributed by atoms with van der Waals surface area (Å²) in [6.07, 6.45) is 2.85. The van der Waals surface area contributed by atoms with Gasteiger partial charge in [-0.15, -0.1) is 0 Å². The van der Waals surface area contributed by atoms with E-state index >= 15 is 0 Å². The molecular weight excluding hydrogens is 240 g/mol. The van der Waals surface area contributed by atoms with Crippen LogP contribution in [0.2, 0.25) is 5.54 Å². The fourth-order valence-corrected chi connectivity index (χ4v) is 3.13. The molecule has 4 N–H and O–H groups in total. The Hall–Kier alpha value is -0.633. The Balaban J connectivity index is 2.40. The minimum absolute atomic E-state index is 0.111. The molecule has 0 aromatic rings. The van der Waals surface area contributed by atoms with Gasteiger partial charge in [-0.1, -0.05) is 19.8 Å². The number of hydrogen-bond acceptors (Lipinski definition) is 4. The highest BCUT2D eigenvalue weighted by molar-refractivity contribution is 6.57. The highest BCUT2D eigenvalue weighted by atomic mass is 28.4. The van der Waals surface area contributed by atoms with Gasteiger partial charge in [-0.05, 0) is 12.8 Å². The second-order valence-corrected chi connectivity index (χ2v) is 6.73. The molecule has 0 aromatic heterocycles. The Kier molecular flexibility index (Phi) is 5.38. The third-order valence-corrected chi connectivity index (χ3v) is 4.82. The van der Waals surface area contributed by atoms with Crippen LogP contribution in [0.5, 0.6) is 0 Å². The van der Waals surface area contributed by atoms with Crippen LogP contribution in [0.25, 0.3) is 0 Å². The van der Waals surface area contributed by atoms with Gasteiger partial charge in [0.25, 0.3) is 0 Å². The van der Waals surface area contributed by atoms with E-state index in [1.54, 1.807) is 4.90 Å². The van der Waals surface area contributed by atoms with Crippen molar-refractivity contribution in [2.24, 2.45) is 0 Å². The minimum Gasteiger partial charge on any atom is -0.390 e. The van der Waals surface area contributed by atoms with Gasteiger partial charge in [0.2, 0.25) is 0 Å². The molecule has 1 saturated heterocycles. The highest BCUT2D eigenvalue weighted by Crippen LogP contribution is 2.26. The number of amides is 2. The van der Waals surface area contributed by atoms with Gasteiger partial charge in [0, 0.05) is 25.2 Å². The standard InChI is InChI=1S/C10H22N2O4Si/c1-2-3-4-9(17(14,15)16)5-7-12-8-6-11-10(12)13/h9,14-16H,2-8H2,1H3,(H,11,13). The fraction of sp³-hybridized carbons (Fsp3) is 0.900. The van der Waals surface area contributed by atoms with E-state index < -0.39 is 14.3 Å². The summed E-state index contributed by atoms with van der Waals surface area (Å²) in [5.74, 6) is 0. The van der Waals surface area contributed by atoms with Crippen molar-refractivity contribution in [2.75, 3.05) is 19.6 Å². The maximum Gasteiger partial charge on any atom is 0.496 e. The zero-order chi connectivity index (χ0) is 12.9. The molecule has 1 heterocycles. The van der Waals surface area contributed by atoms with Gasteiger partial charge in [0.1, 0.15) is 0 Å². The van der Waals surface area contributed by atoms with Gasteiger partial charge < -0.3 is 24.6 Å². The van der Waals surface area contributed by atoms with Crippen LogP contribution in [0.1, 0.15) is 32.6 Å². The third-order valence-electron chi connectivity index (χ3n) is 3.15. The van der Waals surface area contributed by atoms with Gasteiger partial charge in [-0.25, -0.2) is 4.79 Å². The molecule has 0 spiro atoms. The summed E-state index contributed by atoms with van der Waals surface area (Å²) < 4.78 is 0. The zero-order valence-corrected chi connectivity index (χ0v) is 11.2. The van der Waals surface area contributed by atoms with Gasteiger partial charge in [0.05, 0.1) is 0 Å². The van der Waals surface area contributed by atoms with Crippen LogP contribution >= 0.6 is 0 Å². The Bertz CT molecular complexity index is 257. The lowest BCUT2D eigenvalue weighted by Gasteiger charge is -2.24. The van der Waals surface area contributed by atoms with E-state index in [1.165, 1.54) is 0 Å². The smallest absolute Gasteiger partial charge is 0.390 e. The monoisotopic (exact) mass is 262 g/mol. The van der Waals surface area contributed by atoms with Crippen molar-refractivity contribution < 1.29 is 19.2 Å². The van der Waals surface area contributed by atoms with Crippen LogP contribution in [0.3, 0.4) is 0 Å². The molecule has 7 heteroatoms. The average molecular weight is 262 g/mol. The van der Waals surface area contributed by atoms with Crippen molar-refractivity contribution in [3.8, 4) is 0 Å². The first kappa shape index (κ1) is 14.4. The van der Waals surface area contributed by atoms with Gasteiger partial charge >= 0.3 is 14.8 Å². The molecule has 2 amide bonds. The number of rotatable bonds is 7. The molecule has 0 radical (unpaired) electrons. The Labute approximate surface area is 103 Å². The van der Waals surface area contributed by atoms with Crippen molar-refractivity contribution in [3.05, 3.63) is 0 Å². The first-order chi connectivity index (χ1) is 7.95. The van der Waals surface area contributed by atoms with E-state index in [4.69, 9.17) is 0 Å². The van der Waals surface area contributed by atoms with Crippen molar-refractivity contribution in [2.45, 2.75) is 38.1 Å². The van der Waals surface area contributed by atoms with Gasteiger partial charge in [-0.2, -0.15) is 0 Å². The van der Waals surface area contributed by atoms with Gasteiger partial charge in [-0.3, -0.25) is 0 Å². The summed E-state index contributed by atoms with van der Waals surface area (Å²) in [5.41, 5.74) is -0.476. The van der Waals surface area contributed by atoms with E-state index in [1.807, 2.05) is 6.92 Å². The number of unbranched alkanes of at least 4 members (excludes halogenated alkanes) is 1. The summed E-state index contributed by atoms with van der Waals surface area (Å²) >= 11 is 0. The number of carbonyl (C=O) groups is 1. The van der Waals surface area contributed by atoms with Crippen LogP contribution in [0.15, 0.2) is 0 Å². The number of carbonyl (C=O) groups excluding carboxylic acids is 1. The highest BCUT2D eigenvalue weighted by Gasteiger charge is 2.38. The number of nitrogens with zero attached hydrogens (tertiary/aromatic N) is 1. The molecule has 1 rings (SSSR count). The van der Waals surface area contributed by atoms with E-state index in [0.29, 0.717) is 32.5 Å². The lowest BCUT2D eigenvalue weighted by Crippen LogP contribution is -2.42. The lowest BCUT2D eigenvalue weighted by atomic mass is 10.1. The summed E-state index contributed by atoms with van der Waals surface area (Å²) in [5, 5.41) is 2.69. The first-order valence-electron chi connectivity index (χ1n) is 6.15. The van der Waals surface area contributed by atoms with E-state index in [-0.39, 0.29) is 6.03 Å². The van der Waals surface area contributed by atoms with Crippen LogP contribution in [-0.2, 0) is 0 Å². The normalized spacial score (nSPS) is 18.4. The summed E-state index contributed by atoms with van der Waals surface area (Å²) in [6, 6.07) is -0.111. The first-order valence-corrected chi connectivity index (χ1v) is 8.07. The van der Waals surface area contributed by atoms with Crippen LogP contribution < -0.4 is 5.32 Å². The Morgan fingerprint density at radius 1 is 1.41 bits per heavy atom. The molecule has 1 aliphatic rings. The lowest BCUT2D eigenvalue weighted by molar-refractivity contribution is 0.192. The summed E-state index contributed by atoms with van der Waals surface area (Å²) in [7, 11) is -4.08. The predicted octanol–water partition coefficient (Wildman–Crippen LogP) is -0.122. The van der Waals surface area contributed by atoms with Crippen molar-refractivity contribution in [1.82, 2.24) is 10.2 Å². The molecule has 1 atom stereocenters. The molecule has 0 aromatic carbocycles. The molecule has 1 unspecified atom stereocenters. The van der Waals surface area contributed by atoms with Crippen molar-refractivity contribution in [1.29, 1.82) is 0 Å². The largest absolute Gasteiger partial charge is 0.496 e. The van der Waals surface area contributed by atoms with Crippen molar-refractivity contribution in [3.63, 3.8) is 0 Å². The second-order valence-electron chi connectivity index (χ2n) is 4.53. The Morgan fingerprint density at radius 3 is 2.59 bits per heavy atom. The van der Waals surface area contributed by atoms with E-state index in [9.17, 15) is 19.2 Å². The maximum atomic E-state index is 11.3. The van der Waals surface area contributed by atoms with Crippen LogP contribution in [-0.4, -0.2) is 53.8 Å². The van der Waals surface area contributed by atoms with Crippen LogP contribution in [0.4, 0.5) is 4.79 Å². The average Bonchev–Trinajstić information content (AvgIpc) is 2.62. The topological polar surface area (TPSA) is 93.0 Å². The van der Waals surface area contributed by atoms with E-state index in [2.05, 4.69) is 5.32 Å². The quantitative estimate of drug-likeness (QED) is 0.481. The van der Waals surface area contributed by atoms with Crippen molar-refractivity contribution >= 4 is 14.8 Å². The zero-order valence-electron chi connectivity index (χ0n) is 10.2. The molecule has 100 valence electrons. The molecule has 0 bridgehead atoms. The third kappa shape index (κ3) is 4.62. The van der Waals surface area contributed by atoms with E-state index in [0.717, 1.165) is 12.8 Å². The molecule has 17 heavy (non-hydrogen) atoms. The summed E-state index contributed by atoms with van der Waals surface area (Å²) in [6.45, 7) is 3.77. The molecule has 1 aliphatic heterocycles. The predicted molar refractivity (Wildman–Crippen MR) is 65.3 cm³/mol. The molecule has 0 saturated carbocycles. The molecule has 6 nitrogen and oxygen atoms in total. The SMILES string of the molecule is CCCCC(CCN1CCNC1=O)[Si](O)(O)O. The molecule has 1 fully saturated rings. The maximum absolute atomic E-state index is 11.3. The van der Waals surface area contributed by atoms with Gasteiger partial charge in [0.15, 0.2) is 0 Å². The molecule has 0 aliphatic carbocycles. The number of nitrogens with one attached hydrogen (secondary N) is 1. The molecular formula is C10H22N2O4Si. The number of hydrogen-bond donors (Lipinski definition) is 4. The minimum atomic E-state index is -4.08. The Morgan fingerprint density at radius 2 is 2.12 bits per heavy atom. The van der Waals surface area contributed by atoms with Crippen LogP contribution in [0, 0.1) is 0 Å².